The SMILES string of the molecule is Cc1ccccc1CN(C(=O)CCCN(c1ccccc1)S(C)(=O)=O)C(Cc1ccccc1)C(=O)NC(C)(C)C. The van der Waals surface area contributed by atoms with E-state index in [1.807, 2.05) is 88.4 Å². The van der Waals surface area contributed by atoms with E-state index in [0.29, 0.717) is 18.5 Å². The summed E-state index contributed by atoms with van der Waals surface area (Å²) in [6.07, 6.45) is 1.93. The Kier molecular flexibility index (Phi) is 10.5. The van der Waals surface area contributed by atoms with Crippen molar-refractivity contribution in [2.45, 2.75) is 65.1 Å². The van der Waals surface area contributed by atoms with Gasteiger partial charge in [-0.25, -0.2) is 8.42 Å². The molecule has 2 amide bonds. The Morgan fingerprint density at radius 3 is 2.02 bits per heavy atom. The first-order valence-corrected chi connectivity index (χ1v) is 15.4. The molecule has 0 radical (unpaired) electrons. The molecule has 1 unspecified atom stereocenters. The molecule has 0 aromatic heterocycles. The number of sulfonamides is 1. The molecule has 0 heterocycles. The van der Waals surface area contributed by atoms with Crippen molar-refractivity contribution < 1.29 is 18.0 Å². The molecule has 0 spiro atoms. The highest BCUT2D eigenvalue weighted by Gasteiger charge is 2.32. The van der Waals surface area contributed by atoms with Crippen LogP contribution in [-0.2, 0) is 32.6 Å². The van der Waals surface area contributed by atoms with E-state index < -0.39 is 21.6 Å². The van der Waals surface area contributed by atoms with Crippen LogP contribution in [0, 0.1) is 6.92 Å². The van der Waals surface area contributed by atoms with Crippen LogP contribution in [0.5, 0.6) is 0 Å². The van der Waals surface area contributed by atoms with Gasteiger partial charge in [0.05, 0.1) is 11.9 Å². The number of hydrogen-bond donors (Lipinski definition) is 1. The van der Waals surface area contributed by atoms with Crippen LogP contribution >= 0.6 is 0 Å². The van der Waals surface area contributed by atoms with Gasteiger partial charge in [0.2, 0.25) is 21.8 Å². The Labute approximate surface area is 239 Å². The van der Waals surface area contributed by atoms with Crippen molar-refractivity contribution in [2.24, 2.45) is 0 Å². The summed E-state index contributed by atoms with van der Waals surface area (Å²) in [5.41, 5.74) is 3.02. The maximum Gasteiger partial charge on any atom is 0.243 e. The molecule has 0 aliphatic heterocycles. The van der Waals surface area contributed by atoms with Gasteiger partial charge in [0.15, 0.2) is 0 Å². The van der Waals surface area contributed by atoms with E-state index in [1.165, 1.54) is 10.6 Å². The van der Waals surface area contributed by atoms with Crippen LogP contribution in [0.25, 0.3) is 0 Å². The first kappa shape index (κ1) is 30.9. The maximum atomic E-state index is 13.9. The van der Waals surface area contributed by atoms with Gasteiger partial charge in [-0.3, -0.25) is 13.9 Å². The van der Waals surface area contributed by atoms with Gasteiger partial charge in [-0.15, -0.1) is 0 Å². The van der Waals surface area contributed by atoms with Crippen LogP contribution in [0.3, 0.4) is 0 Å². The molecule has 1 atom stereocenters. The molecule has 7 nitrogen and oxygen atoms in total. The van der Waals surface area contributed by atoms with Gasteiger partial charge in [0.1, 0.15) is 6.04 Å². The Bertz CT molecular complexity index is 1370. The number of nitrogens with zero attached hydrogens (tertiary/aromatic N) is 2. The monoisotopic (exact) mass is 563 g/mol. The Hall–Kier alpha value is -3.65. The summed E-state index contributed by atoms with van der Waals surface area (Å²) in [4.78, 5) is 29.3. The van der Waals surface area contributed by atoms with Gasteiger partial charge >= 0.3 is 0 Å². The van der Waals surface area contributed by atoms with Gasteiger partial charge in [0, 0.05) is 31.5 Å². The largest absolute Gasteiger partial charge is 0.350 e. The lowest BCUT2D eigenvalue weighted by molar-refractivity contribution is -0.142. The molecular formula is C32H41N3O4S. The number of amides is 2. The van der Waals surface area contributed by atoms with E-state index in [-0.39, 0.29) is 31.3 Å². The topological polar surface area (TPSA) is 86.8 Å². The van der Waals surface area contributed by atoms with Crippen LogP contribution in [0.4, 0.5) is 5.69 Å². The lowest BCUT2D eigenvalue weighted by atomic mass is 9.99. The third-order valence-corrected chi connectivity index (χ3v) is 7.76. The number of nitrogens with one attached hydrogen (secondary N) is 1. The lowest BCUT2D eigenvalue weighted by Crippen LogP contribution is -2.54. The fraction of sp³-hybridized carbons (Fsp3) is 0.375. The lowest BCUT2D eigenvalue weighted by Gasteiger charge is -2.34. The highest BCUT2D eigenvalue weighted by atomic mass is 32.2. The van der Waals surface area contributed by atoms with E-state index in [0.717, 1.165) is 16.7 Å². The summed E-state index contributed by atoms with van der Waals surface area (Å²) in [7, 11) is -3.54. The molecule has 40 heavy (non-hydrogen) atoms. The second-order valence-corrected chi connectivity index (χ2v) is 13.1. The van der Waals surface area contributed by atoms with Crippen LogP contribution in [0.2, 0.25) is 0 Å². The average Bonchev–Trinajstić information content (AvgIpc) is 2.89. The number of rotatable bonds is 12. The Morgan fingerprint density at radius 1 is 0.875 bits per heavy atom. The van der Waals surface area contributed by atoms with E-state index in [4.69, 9.17) is 0 Å². The van der Waals surface area contributed by atoms with Crippen LogP contribution in [0.15, 0.2) is 84.9 Å². The van der Waals surface area contributed by atoms with E-state index >= 15 is 0 Å². The summed E-state index contributed by atoms with van der Waals surface area (Å²) in [6, 6.07) is 25.6. The number of anilines is 1. The number of para-hydroxylation sites is 1. The molecule has 1 N–H and O–H groups in total. The molecule has 3 aromatic carbocycles. The van der Waals surface area contributed by atoms with Crippen molar-refractivity contribution >= 4 is 27.5 Å². The zero-order valence-electron chi connectivity index (χ0n) is 24.1. The molecule has 214 valence electrons. The molecule has 3 aromatic rings. The van der Waals surface area contributed by atoms with Crippen molar-refractivity contribution in [3.05, 3.63) is 102 Å². The normalized spacial score (nSPS) is 12.4. The van der Waals surface area contributed by atoms with E-state index in [1.54, 1.807) is 29.2 Å². The number of benzene rings is 3. The minimum absolute atomic E-state index is 0.0961. The first-order chi connectivity index (χ1) is 18.8. The van der Waals surface area contributed by atoms with Gasteiger partial charge < -0.3 is 10.2 Å². The van der Waals surface area contributed by atoms with Crippen molar-refractivity contribution in [1.29, 1.82) is 0 Å². The minimum atomic E-state index is -3.54. The summed E-state index contributed by atoms with van der Waals surface area (Å²) < 4.78 is 26.4. The van der Waals surface area contributed by atoms with Crippen molar-refractivity contribution in [2.75, 3.05) is 17.1 Å². The molecule has 0 bridgehead atoms. The Morgan fingerprint density at radius 2 is 1.45 bits per heavy atom. The summed E-state index contributed by atoms with van der Waals surface area (Å²) in [5.74, 6) is -0.421. The predicted molar refractivity (Wildman–Crippen MR) is 161 cm³/mol. The standard InChI is InChI=1S/C32H41N3O4S/c1-25-15-12-13-18-27(25)24-34(29(31(37)33-32(2,3)4)23-26-16-8-6-9-17-26)30(36)21-14-22-35(40(5,38)39)28-19-10-7-11-20-28/h6-13,15-20,29H,14,21-24H2,1-5H3,(H,33,37). The first-order valence-electron chi connectivity index (χ1n) is 13.6. The van der Waals surface area contributed by atoms with E-state index in [2.05, 4.69) is 5.32 Å². The van der Waals surface area contributed by atoms with Crippen molar-refractivity contribution in [3.63, 3.8) is 0 Å². The third kappa shape index (κ3) is 9.23. The molecule has 0 saturated heterocycles. The zero-order valence-corrected chi connectivity index (χ0v) is 24.9. The quantitative estimate of drug-likeness (QED) is 0.332. The predicted octanol–water partition coefficient (Wildman–Crippen LogP) is 5.10. The Balaban J connectivity index is 1.91. The molecule has 0 fully saturated rings. The number of hydrogen-bond acceptors (Lipinski definition) is 4. The minimum Gasteiger partial charge on any atom is -0.350 e. The van der Waals surface area contributed by atoms with Crippen molar-refractivity contribution in [1.82, 2.24) is 10.2 Å². The molecule has 0 aliphatic rings. The highest BCUT2D eigenvalue weighted by molar-refractivity contribution is 7.92. The summed E-state index contributed by atoms with van der Waals surface area (Å²) in [6.45, 7) is 8.17. The summed E-state index contributed by atoms with van der Waals surface area (Å²) >= 11 is 0. The smallest absolute Gasteiger partial charge is 0.243 e. The van der Waals surface area contributed by atoms with E-state index in [9.17, 15) is 18.0 Å². The van der Waals surface area contributed by atoms with Crippen LogP contribution < -0.4 is 9.62 Å². The maximum absolute atomic E-state index is 13.9. The van der Waals surface area contributed by atoms with Crippen LogP contribution in [0.1, 0.15) is 50.3 Å². The fourth-order valence-electron chi connectivity index (χ4n) is 4.58. The highest BCUT2D eigenvalue weighted by Crippen LogP contribution is 2.21. The second-order valence-electron chi connectivity index (χ2n) is 11.2. The summed E-state index contributed by atoms with van der Waals surface area (Å²) in [5, 5.41) is 3.07. The second kappa shape index (κ2) is 13.6. The molecule has 0 aliphatic carbocycles. The van der Waals surface area contributed by atoms with Gasteiger partial charge in [-0.2, -0.15) is 0 Å². The van der Waals surface area contributed by atoms with Gasteiger partial charge in [-0.1, -0.05) is 72.8 Å². The molecule has 0 saturated carbocycles. The number of carbonyl (C=O) groups is 2. The van der Waals surface area contributed by atoms with Gasteiger partial charge in [0.25, 0.3) is 0 Å². The third-order valence-electron chi connectivity index (χ3n) is 6.57. The zero-order chi connectivity index (χ0) is 29.3. The number of aryl methyl sites for hydroxylation is 1. The van der Waals surface area contributed by atoms with Crippen molar-refractivity contribution in [3.8, 4) is 0 Å². The number of carbonyl (C=O) groups excluding carboxylic acids is 2. The molecule has 3 rings (SSSR count). The van der Waals surface area contributed by atoms with Crippen LogP contribution in [-0.4, -0.2) is 49.5 Å². The molecular weight excluding hydrogens is 522 g/mol. The molecule has 8 heteroatoms. The van der Waals surface area contributed by atoms with Gasteiger partial charge in [-0.05, 0) is 62.9 Å². The fourth-order valence-corrected chi connectivity index (χ4v) is 5.54. The average molecular weight is 564 g/mol.